The molecule has 0 fully saturated rings. The summed E-state index contributed by atoms with van der Waals surface area (Å²) in [5.74, 6) is -0.340. The van der Waals surface area contributed by atoms with E-state index in [0.717, 1.165) is 23.9 Å². The van der Waals surface area contributed by atoms with Crippen molar-refractivity contribution in [3.63, 3.8) is 0 Å². The number of carbonyl (C=O) groups excluding carboxylic acids is 2. The summed E-state index contributed by atoms with van der Waals surface area (Å²) in [5.41, 5.74) is 2.64. The second kappa shape index (κ2) is 10.4. The number of ether oxygens (including phenoxy) is 1. The molecule has 0 bridgehead atoms. The molecule has 0 aliphatic rings. The van der Waals surface area contributed by atoms with Crippen LogP contribution >= 0.6 is 0 Å². The van der Waals surface area contributed by atoms with E-state index in [2.05, 4.69) is 35.3 Å². The van der Waals surface area contributed by atoms with E-state index >= 15 is 0 Å². The zero-order chi connectivity index (χ0) is 26.6. The third kappa shape index (κ3) is 6.04. The summed E-state index contributed by atoms with van der Waals surface area (Å²) < 4.78 is 42.8. The Bertz CT molecular complexity index is 1460. The first kappa shape index (κ1) is 25.2. The highest BCUT2D eigenvalue weighted by Gasteiger charge is 2.32. The maximum absolute atomic E-state index is 12.7. The molecule has 0 atom stereocenters. The van der Waals surface area contributed by atoms with Gasteiger partial charge in [0.2, 0.25) is 0 Å². The Morgan fingerprint density at radius 1 is 0.865 bits per heavy atom. The lowest BCUT2D eigenvalue weighted by Crippen LogP contribution is -2.14. The number of nitrogens with zero attached hydrogens (tertiary/aromatic N) is 4. The summed E-state index contributed by atoms with van der Waals surface area (Å²) in [5, 5.41) is 5.13. The smallest absolute Gasteiger partial charge is 0.433 e. The van der Waals surface area contributed by atoms with Crippen molar-refractivity contribution in [1.82, 2.24) is 19.9 Å². The summed E-state index contributed by atoms with van der Waals surface area (Å²) >= 11 is 0. The fourth-order valence-corrected chi connectivity index (χ4v) is 3.36. The lowest BCUT2D eigenvalue weighted by molar-refractivity contribution is -0.141. The minimum atomic E-state index is -4.59. The minimum absolute atomic E-state index is 0.0321. The second-order valence-electron chi connectivity index (χ2n) is 7.72. The van der Waals surface area contributed by atoms with Crippen LogP contribution in [0.25, 0.3) is 22.4 Å². The third-order valence-electron chi connectivity index (χ3n) is 5.20. The Morgan fingerprint density at radius 2 is 1.62 bits per heavy atom. The molecule has 4 aromatic rings. The molecular weight excluding hydrogens is 489 g/mol. The Labute approximate surface area is 208 Å². The van der Waals surface area contributed by atoms with Gasteiger partial charge < -0.3 is 10.1 Å². The minimum Gasteiger partial charge on any atom is -0.453 e. The molecule has 0 aromatic carbocycles. The Kier molecular flexibility index (Phi) is 7.09. The standard InChI is InChI=1S/C25H19F3N6O3/c1-14-19(11-18(13-31-14)33-23(35)17-3-4-21(32-12-17)25(26,27)28)15-5-7-29-20(9-15)16-6-8-30-22(10-16)34-24(36)37-2/h3-13H,1-2H3,(H,33,35)(H,30,34,36). The van der Waals surface area contributed by atoms with Crippen molar-refractivity contribution in [2.75, 3.05) is 17.7 Å². The fourth-order valence-electron chi connectivity index (χ4n) is 3.36. The number of rotatable bonds is 5. The maximum Gasteiger partial charge on any atom is 0.433 e. The molecule has 37 heavy (non-hydrogen) atoms. The van der Waals surface area contributed by atoms with Crippen LogP contribution in [0.2, 0.25) is 0 Å². The molecule has 0 aliphatic heterocycles. The first-order valence-corrected chi connectivity index (χ1v) is 10.7. The normalized spacial score (nSPS) is 11.1. The number of nitrogens with one attached hydrogen (secondary N) is 2. The summed E-state index contributed by atoms with van der Waals surface area (Å²) in [4.78, 5) is 40.2. The second-order valence-corrected chi connectivity index (χ2v) is 7.72. The molecule has 2 amide bonds. The number of aryl methyl sites for hydroxylation is 1. The van der Waals surface area contributed by atoms with Gasteiger partial charge in [-0.1, -0.05) is 0 Å². The molecule has 0 spiro atoms. The van der Waals surface area contributed by atoms with Crippen molar-refractivity contribution in [3.8, 4) is 22.4 Å². The van der Waals surface area contributed by atoms with E-state index in [0.29, 0.717) is 28.2 Å². The highest BCUT2D eigenvalue weighted by atomic mass is 19.4. The maximum atomic E-state index is 12.7. The molecule has 0 radical (unpaired) electrons. The Morgan fingerprint density at radius 3 is 2.32 bits per heavy atom. The van der Waals surface area contributed by atoms with Gasteiger partial charge in [0, 0.05) is 35.4 Å². The van der Waals surface area contributed by atoms with Gasteiger partial charge in [0.05, 0.1) is 30.3 Å². The van der Waals surface area contributed by atoms with Crippen molar-refractivity contribution in [1.29, 1.82) is 0 Å². The van der Waals surface area contributed by atoms with E-state index in [-0.39, 0.29) is 11.4 Å². The SMILES string of the molecule is COC(=O)Nc1cc(-c2cc(-c3cc(NC(=O)c4ccc(C(F)(F)F)nc4)cnc3C)ccn2)ccn1. The fraction of sp³-hybridized carbons (Fsp3) is 0.120. The number of alkyl halides is 3. The molecule has 2 N–H and O–H groups in total. The van der Waals surface area contributed by atoms with E-state index < -0.39 is 23.9 Å². The lowest BCUT2D eigenvalue weighted by atomic mass is 10.0. The van der Waals surface area contributed by atoms with Crippen LogP contribution in [0.4, 0.5) is 29.5 Å². The van der Waals surface area contributed by atoms with Crippen molar-refractivity contribution < 1.29 is 27.5 Å². The van der Waals surface area contributed by atoms with Crippen molar-refractivity contribution >= 4 is 23.5 Å². The largest absolute Gasteiger partial charge is 0.453 e. The van der Waals surface area contributed by atoms with Crippen LogP contribution in [0, 0.1) is 6.92 Å². The predicted octanol–water partition coefficient (Wildman–Crippen LogP) is 5.36. The van der Waals surface area contributed by atoms with E-state index in [1.807, 2.05) is 6.07 Å². The number of anilines is 2. The lowest BCUT2D eigenvalue weighted by Gasteiger charge is -2.12. The van der Waals surface area contributed by atoms with Gasteiger partial charge in [-0.2, -0.15) is 13.2 Å². The zero-order valence-corrected chi connectivity index (χ0v) is 19.5. The molecular formula is C25H19F3N6O3. The summed E-state index contributed by atoms with van der Waals surface area (Å²) in [6.07, 6.45) is 0.200. The number of aromatic nitrogens is 4. The number of methoxy groups -OCH3 is 1. The average molecular weight is 508 g/mol. The first-order valence-electron chi connectivity index (χ1n) is 10.7. The summed E-state index contributed by atoms with van der Waals surface area (Å²) in [6.45, 7) is 1.80. The predicted molar refractivity (Wildman–Crippen MR) is 129 cm³/mol. The van der Waals surface area contributed by atoms with E-state index in [1.165, 1.54) is 19.5 Å². The van der Waals surface area contributed by atoms with Crippen molar-refractivity contribution in [2.24, 2.45) is 0 Å². The van der Waals surface area contributed by atoms with Crippen LogP contribution in [-0.2, 0) is 10.9 Å². The van der Waals surface area contributed by atoms with Crippen molar-refractivity contribution in [2.45, 2.75) is 13.1 Å². The van der Waals surface area contributed by atoms with Crippen LogP contribution in [0.3, 0.4) is 0 Å². The Hall–Kier alpha value is -4.87. The number of hydrogen-bond acceptors (Lipinski definition) is 7. The van der Waals surface area contributed by atoms with Crippen LogP contribution in [0.1, 0.15) is 21.7 Å². The van der Waals surface area contributed by atoms with Crippen LogP contribution < -0.4 is 10.6 Å². The van der Waals surface area contributed by atoms with Gasteiger partial charge >= 0.3 is 12.3 Å². The number of hydrogen-bond donors (Lipinski definition) is 2. The molecule has 0 saturated carbocycles. The van der Waals surface area contributed by atoms with E-state index in [9.17, 15) is 22.8 Å². The van der Waals surface area contributed by atoms with Crippen LogP contribution in [-0.4, -0.2) is 39.0 Å². The van der Waals surface area contributed by atoms with Gasteiger partial charge in [0.25, 0.3) is 5.91 Å². The van der Waals surface area contributed by atoms with Gasteiger partial charge in [0.15, 0.2) is 0 Å². The van der Waals surface area contributed by atoms with Gasteiger partial charge in [-0.05, 0) is 55.0 Å². The van der Waals surface area contributed by atoms with E-state index in [4.69, 9.17) is 0 Å². The quantitative estimate of drug-likeness (QED) is 0.373. The van der Waals surface area contributed by atoms with Crippen molar-refractivity contribution in [3.05, 3.63) is 84.2 Å². The molecule has 0 aliphatic carbocycles. The number of pyridine rings is 4. The molecule has 4 rings (SSSR count). The average Bonchev–Trinajstić information content (AvgIpc) is 2.89. The zero-order valence-electron chi connectivity index (χ0n) is 19.5. The Balaban J connectivity index is 1.58. The van der Waals surface area contributed by atoms with E-state index in [1.54, 1.807) is 37.4 Å². The van der Waals surface area contributed by atoms with Gasteiger partial charge in [0.1, 0.15) is 11.5 Å². The molecule has 188 valence electrons. The molecule has 4 aromatic heterocycles. The highest BCUT2D eigenvalue weighted by molar-refractivity contribution is 6.04. The molecule has 0 saturated heterocycles. The number of amides is 2. The van der Waals surface area contributed by atoms with Gasteiger partial charge in [-0.15, -0.1) is 0 Å². The van der Waals surface area contributed by atoms with Crippen LogP contribution in [0.15, 0.2) is 67.3 Å². The summed E-state index contributed by atoms with van der Waals surface area (Å²) in [6, 6.07) is 10.5. The molecule has 12 heteroatoms. The topological polar surface area (TPSA) is 119 Å². The van der Waals surface area contributed by atoms with Gasteiger partial charge in [-0.3, -0.25) is 25.1 Å². The monoisotopic (exact) mass is 508 g/mol. The molecule has 4 heterocycles. The molecule has 9 nitrogen and oxygen atoms in total. The van der Waals surface area contributed by atoms with Gasteiger partial charge in [-0.25, -0.2) is 9.78 Å². The number of carbonyl (C=O) groups is 2. The third-order valence-corrected chi connectivity index (χ3v) is 5.20. The van der Waals surface area contributed by atoms with Crippen LogP contribution in [0.5, 0.6) is 0 Å². The number of halogens is 3. The highest BCUT2D eigenvalue weighted by Crippen LogP contribution is 2.30. The first-order chi connectivity index (χ1) is 17.6. The molecule has 0 unspecified atom stereocenters. The summed E-state index contributed by atoms with van der Waals surface area (Å²) in [7, 11) is 1.25.